The highest BCUT2D eigenvalue weighted by atomic mass is 16.5. The second-order valence-electron chi connectivity index (χ2n) is 7.06. The number of rotatable bonds is 4. The third-order valence-corrected chi connectivity index (χ3v) is 5.35. The molecule has 20 heavy (non-hydrogen) atoms. The molecule has 0 bridgehead atoms. The molecule has 2 fully saturated rings. The summed E-state index contributed by atoms with van der Waals surface area (Å²) in [6, 6.07) is 0. The van der Waals surface area contributed by atoms with E-state index >= 15 is 0 Å². The molecule has 1 saturated heterocycles. The second-order valence-corrected chi connectivity index (χ2v) is 7.06. The SMILES string of the molecule is COC1CN(CC2(C(=O)O)CCCC(C)C2)CCC1C. The van der Waals surface area contributed by atoms with Crippen LogP contribution in [0.25, 0.3) is 0 Å². The standard InChI is InChI=1S/C16H29NO3/c1-12-5-4-7-16(9-12,15(18)19)11-17-8-6-13(2)14(10-17)20-3/h12-14H,4-11H2,1-3H3,(H,18,19). The Balaban J connectivity index is 2.03. The first kappa shape index (κ1) is 15.8. The van der Waals surface area contributed by atoms with Crippen LogP contribution in [0.3, 0.4) is 0 Å². The van der Waals surface area contributed by atoms with Crippen LogP contribution < -0.4 is 0 Å². The molecule has 4 atom stereocenters. The number of aliphatic carboxylic acids is 1. The molecule has 0 amide bonds. The summed E-state index contributed by atoms with van der Waals surface area (Å²) in [5, 5.41) is 9.75. The van der Waals surface area contributed by atoms with Crippen LogP contribution in [0.15, 0.2) is 0 Å². The molecule has 1 N–H and O–H groups in total. The summed E-state index contributed by atoms with van der Waals surface area (Å²) in [6.07, 6.45) is 5.22. The van der Waals surface area contributed by atoms with Gasteiger partial charge in [0.15, 0.2) is 0 Å². The normalized spacial score (nSPS) is 39.6. The molecule has 0 spiro atoms. The number of piperidine rings is 1. The van der Waals surface area contributed by atoms with Gasteiger partial charge in [0.05, 0.1) is 11.5 Å². The van der Waals surface area contributed by atoms with E-state index in [1.54, 1.807) is 7.11 Å². The maximum Gasteiger partial charge on any atom is 0.310 e. The zero-order valence-electron chi connectivity index (χ0n) is 13.1. The Kier molecular flexibility index (Phi) is 5.08. The number of likely N-dealkylation sites (tertiary alicyclic amines) is 1. The van der Waals surface area contributed by atoms with Gasteiger partial charge in [-0.3, -0.25) is 9.69 Å². The largest absolute Gasteiger partial charge is 0.481 e. The molecule has 0 radical (unpaired) electrons. The van der Waals surface area contributed by atoms with Crippen LogP contribution in [0.5, 0.6) is 0 Å². The van der Waals surface area contributed by atoms with Gasteiger partial charge in [0.1, 0.15) is 0 Å². The molecule has 1 aliphatic heterocycles. The third-order valence-electron chi connectivity index (χ3n) is 5.35. The summed E-state index contributed by atoms with van der Waals surface area (Å²) in [7, 11) is 1.76. The van der Waals surface area contributed by atoms with Gasteiger partial charge in [-0.05, 0) is 37.6 Å². The van der Waals surface area contributed by atoms with Gasteiger partial charge < -0.3 is 9.84 Å². The summed E-state index contributed by atoms with van der Waals surface area (Å²) in [4.78, 5) is 14.2. The quantitative estimate of drug-likeness (QED) is 0.861. The number of nitrogens with zero attached hydrogens (tertiary/aromatic N) is 1. The smallest absolute Gasteiger partial charge is 0.310 e. The average molecular weight is 283 g/mol. The molecule has 2 rings (SSSR count). The van der Waals surface area contributed by atoms with Gasteiger partial charge >= 0.3 is 5.97 Å². The molecule has 0 aromatic carbocycles. The fourth-order valence-electron chi connectivity index (χ4n) is 4.04. The summed E-state index contributed by atoms with van der Waals surface area (Å²) in [6.45, 7) is 6.99. The van der Waals surface area contributed by atoms with Crippen LogP contribution in [0.4, 0.5) is 0 Å². The van der Waals surface area contributed by atoms with Gasteiger partial charge in [0.25, 0.3) is 0 Å². The highest BCUT2D eigenvalue weighted by Gasteiger charge is 2.44. The number of hydrogen-bond donors (Lipinski definition) is 1. The maximum absolute atomic E-state index is 11.9. The first-order valence-corrected chi connectivity index (χ1v) is 7.95. The van der Waals surface area contributed by atoms with Crippen molar-refractivity contribution in [1.29, 1.82) is 0 Å². The fourth-order valence-corrected chi connectivity index (χ4v) is 4.04. The number of ether oxygens (including phenoxy) is 1. The van der Waals surface area contributed by atoms with Crippen LogP contribution >= 0.6 is 0 Å². The highest BCUT2D eigenvalue weighted by molar-refractivity contribution is 5.75. The summed E-state index contributed by atoms with van der Waals surface area (Å²) < 4.78 is 5.55. The van der Waals surface area contributed by atoms with Crippen molar-refractivity contribution in [3.8, 4) is 0 Å². The molecule has 116 valence electrons. The monoisotopic (exact) mass is 283 g/mol. The molecule has 4 heteroatoms. The topological polar surface area (TPSA) is 49.8 Å². The van der Waals surface area contributed by atoms with Crippen molar-refractivity contribution in [2.75, 3.05) is 26.7 Å². The molecular weight excluding hydrogens is 254 g/mol. The Morgan fingerprint density at radius 1 is 1.40 bits per heavy atom. The lowest BCUT2D eigenvalue weighted by Crippen LogP contribution is -2.51. The molecule has 4 nitrogen and oxygen atoms in total. The zero-order chi connectivity index (χ0) is 14.8. The summed E-state index contributed by atoms with van der Waals surface area (Å²) in [5.41, 5.74) is -0.531. The number of hydrogen-bond acceptors (Lipinski definition) is 3. The lowest BCUT2D eigenvalue weighted by molar-refractivity contribution is -0.154. The maximum atomic E-state index is 11.9. The predicted molar refractivity (Wildman–Crippen MR) is 78.7 cm³/mol. The van der Waals surface area contributed by atoms with Crippen LogP contribution in [0, 0.1) is 17.3 Å². The highest BCUT2D eigenvalue weighted by Crippen LogP contribution is 2.41. The second kappa shape index (κ2) is 6.44. The van der Waals surface area contributed by atoms with Crippen molar-refractivity contribution in [3.63, 3.8) is 0 Å². The summed E-state index contributed by atoms with van der Waals surface area (Å²) >= 11 is 0. The van der Waals surface area contributed by atoms with Gasteiger partial charge in [-0.1, -0.05) is 26.7 Å². The molecule has 4 unspecified atom stereocenters. The van der Waals surface area contributed by atoms with Crippen molar-refractivity contribution in [3.05, 3.63) is 0 Å². The first-order chi connectivity index (χ1) is 9.47. The molecule has 2 aliphatic rings. The first-order valence-electron chi connectivity index (χ1n) is 7.95. The van der Waals surface area contributed by atoms with Crippen molar-refractivity contribution in [2.45, 2.75) is 52.1 Å². The van der Waals surface area contributed by atoms with E-state index in [4.69, 9.17) is 4.74 Å². The van der Waals surface area contributed by atoms with E-state index in [2.05, 4.69) is 18.7 Å². The van der Waals surface area contributed by atoms with E-state index in [1.165, 1.54) is 6.42 Å². The molecule has 1 saturated carbocycles. The number of carboxylic acid groups (broad SMARTS) is 1. The van der Waals surface area contributed by atoms with Gasteiger partial charge in [-0.25, -0.2) is 0 Å². The van der Waals surface area contributed by atoms with E-state index in [1.807, 2.05) is 0 Å². The van der Waals surface area contributed by atoms with E-state index < -0.39 is 11.4 Å². The number of carbonyl (C=O) groups is 1. The minimum Gasteiger partial charge on any atom is -0.481 e. The van der Waals surface area contributed by atoms with Crippen LogP contribution in [0.1, 0.15) is 46.0 Å². The molecule has 0 aromatic rings. The van der Waals surface area contributed by atoms with Crippen molar-refractivity contribution in [1.82, 2.24) is 4.90 Å². The van der Waals surface area contributed by atoms with Crippen molar-refractivity contribution < 1.29 is 14.6 Å². The van der Waals surface area contributed by atoms with Crippen molar-refractivity contribution in [2.24, 2.45) is 17.3 Å². The van der Waals surface area contributed by atoms with E-state index in [0.717, 1.165) is 38.8 Å². The third kappa shape index (κ3) is 3.34. The van der Waals surface area contributed by atoms with Gasteiger partial charge in [-0.2, -0.15) is 0 Å². The summed E-state index contributed by atoms with van der Waals surface area (Å²) in [5.74, 6) is 0.501. The fraction of sp³-hybridized carbons (Fsp3) is 0.938. The minimum absolute atomic E-state index is 0.246. The molecule has 0 aromatic heterocycles. The van der Waals surface area contributed by atoms with Crippen LogP contribution in [-0.4, -0.2) is 48.8 Å². The molecular formula is C16H29NO3. The Hall–Kier alpha value is -0.610. The van der Waals surface area contributed by atoms with Crippen LogP contribution in [-0.2, 0) is 9.53 Å². The Morgan fingerprint density at radius 2 is 2.15 bits per heavy atom. The Labute approximate surface area is 122 Å². The predicted octanol–water partition coefficient (Wildman–Crippen LogP) is 2.62. The van der Waals surface area contributed by atoms with E-state index in [9.17, 15) is 9.90 Å². The van der Waals surface area contributed by atoms with Crippen molar-refractivity contribution >= 4 is 5.97 Å². The van der Waals surface area contributed by atoms with E-state index in [0.29, 0.717) is 18.4 Å². The van der Waals surface area contributed by atoms with Gasteiger partial charge in [0.2, 0.25) is 0 Å². The van der Waals surface area contributed by atoms with Gasteiger partial charge in [-0.15, -0.1) is 0 Å². The Morgan fingerprint density at radius 3 is 2.75 bits per heavy atom. The number of carboxylic acids is 1. The minimum atomic E-state index is -0.600. The Bertz CT molecular complexity index is 347. The molecule has 1 heterocycles. The average Bonchev–Trinajstić information content (AvgIpc) is 2.41. The zero-order valence-corrected chi connectivity index (χ0v) is 13.1. The van der Waals surface area contributed by atoms with Crippen LogP contribution in [0.2, 0.25) is 0 Å². The lowest BCUT2D eigenvalue weighted by Gasteiger charge is -2.43. The molecule has 1 aliphatic carbocycles. The number of methoxy groups -OCH3 is 1. The van der Waals surface area contributed by atoms with E-state index in [-0.39, 0.29) is 6.10 Å². The lowest BCUT2D eigenvalue weighted by atomic mass is 9.69. The van der Waals surface area contributed by atoms with Gasteiger partial charge in [0, 0.05) is 20.2 Å².